The highest BCUT2D eigenvalue weighted by molar-refractivity contribution is 6.42. The molecule has 2 aliphatic rings. The Labute approximate surface area is 241 Å². The number of halogens is 3. The number of carbonyl (C=O) groups excluding carboxylic acids is 2. The molecule has 200 valence electrons. The third-order valence-corrected chi connectivity index (χ3v) is 8.05. The summed E-state index contributed by atoms with van der Waals surface area (Å²) in [5.74, 6) is -0.636. The van der Waals surface area contributed by atoms with Crippen LogP contribution in [0.3, 0.4) is 0 Å². The molecule has 2 amide bonds. The number of para-hydroxylation sites is 2. The summed E-state index contributed by atoms with van der Waals surface area (Å²) in [6, 6.07) is 27.1. The molecule has 0 saturated heterocycles. The molecule has 0 saturated carbocycles. The predicted octanol–water partition coefficient (Wildman–Crippen LogP) is 8.74. The van der Waals surface area contributed by atoms with Crippen LogP contribution in [0, 0.1) is 5.82 Å². The Morgan fingerprint density at radius 1 is 0.850 bits per heavy atom. The van der Waals surface area contributed by atoms with Crippen molar-refractivity contribution >= 4 is 52.1 Å². The Kier molecular flexibility index (Phi) is 7.05. The van der Waals surface area contributed by atoms with E-state index in [1.54, 1.807) is 29.2 Å². The molecule has 2 atom stereocenters. The summed E-state index contributed by atoms with van der Waals surface area (Å²) in [5, 5.41) is 7.11. The predicted molar refractivity (Wildman–Crippen MR) is 158 cm³/mol. The van der Waals surface area contributed by atoms with Crippen molar-refractivity contribution in [1.29, 1.82) is 0 Å². The van der Waals surface area contributed by atoms with E-state index in [4.69, 9.17) is 23.2 Å². The van der Waals surface area contributed by atoms with Crippen LogP contribution in [-0.4, -0.2) is 11.8 Å². The van der Waals surface area contributed by atoms with E-state index in [0.29, 0.717) is 39.1 Å². The van der Waals surface area contributed by atoms with E-state index < -0.39 is 12.1 Å². The van der Waals surface area contributed by atoms with Gasteiger partial charge in [0.2, 0.25) is 0 Å². The Hall–Kier alpha value is -4.13. The second-order valence-corrected chi connectivity index (χ2v) is 10.7. The van der Waals surface area contributed by atoms with Gasteiger partial charge in [-0.15, -0.1) is 0 Å². The Morgan fingerprint density at radius 2 is 1.60 bits per heavy atom. The summed E-state index contributed by atoms with van der Waals surface area (Å²) in [5.41, 5.74) is 4.55. The van der Waals surface area contributed by atoms with Gasteiger partial charge in [0.1, 0.15) is 5.82 Å². The van der Waals surface area contributed by atoms with Gasteiger partial charge < -0.3 is 10.6 Å². The number of allylic oxidation sites excluding steroid dienone is 1. The lowest BCUT2D eigenvalue weighted by Gasteiger charge is -2.35. The summed E-state index contributed by atoms with van der Waals surface area (Å²) >= 11 is 12.3. The first-order chi connectivity index (χ1) is 19.4. The summed E-state index contributed by atoms with van der Waals surface area (Å²) in [6.07, 6.45) is 0.691. The Morgan fingerprint density at radius 3 is 2.38 bits per heavy atom. The van der Waals surface area contributed by atoms with Crippen molar-refractivity contribution in [3.05, 3.63) is 135 Å². The highest BCUT2D eigenvalue weighted by atomic mass is 35.5. The van der Waals surface area contributed by atoms with Gasteiger partial charge in [-0.25, -0.2) is 9.18 Å². The molecule has 0 fully saturated rings. The Balaban J connectivity index is 1.49. The summed E-state index contributed by atoms with van der Waals surface area (Å²) < 4.78 is 14.1. The van der Waals surface area contributed by atoms with Gasteiger partial charge in [0.05, 0.1) is 27.5 Å². The van der Waals surface area contributed by atoms with Gasteiger partial charge in [-0.2, -0.15) is 0 Å². The van der Waals surface area contributed by atoms with Crippen molar-refractivity contribution in [2.75, 3.05) is 15.5 Å². The minimum atomic E-state index is -0.712. The average Bonchev–Trinajstić information content (AvgIpc) is 3.10. The number of hydrogen-bond donors (Lipinski definition) is 2. The highest BCUT2D eigenvalue weighted by Gasteiger charge is 2.41. The van der Waals surface area contributed by atoms with Crippen LogP contribution >= 0.6 is 23.2 Å². The van der Waals surface area contributed by atoms with Gasteiger partial charge in [0.25, 0.3) is 0 Å². The number of amides is 2. The third-order valence-electron chi connectivity index (χ3n) is 7.31. The summed E-state index contributed by atoms with van der Waals surface area (Å²) in [7, 11) is 0. The molecule has 0 aromatic heterocycles. The van der Waals surface area contributed by atoms with Gasteiger partial charge >= 0.3 is 6.03 Å². The molecule has 4 aromatic rings. The zero-order valence-corrected chi connectivity index (χ0v) is 22.7. The molecule has 0 bridgehead atoms. The number of urea groups is 1. The van der Waals surface area contributed by atoms with E-state index in [1.165, 1.54) is 12.1 Å². The van der Waals surface area contributed by atoms with Crippen LogP contribution < -0.4 is 15.5 Å². The number of anilines is 3. The second kappa shape index (κ2) is 10.8. The molecule has 5 nitrogen and oxygen atoms in total. The van der Waals surface area contributed by atoms with Crippen LogP contribution in [0.4, 0.5) is 26.2 Å². The first-order valence-corrected chi connectivity index (χ1v) is 13.6. The zero-order valence-electron chi connectivity index (χ0n) is 21.2. The van der Waals surface area contributed by atoms with Crippen LogP contribution in [0.1, 0.15) is 35.9 Å². The third kappa shape index (κ3) is 4.96. The van der Waals surface area contributed by atoms with Crippen LogP contribution in [0.2, 0.25) is 10.0 Å². The van der Waals surface area contributed by atoms with Gasteiger partial charge in [-0.05, 0) is 65.9 Å². The molecule has 0 spiro atoms. The maximum atomic E-state index is 14.1. The zero-order chi connectivity index (χ0) is 27.8. The normalized spacial score (nSPS) is 18.4. The van der Waals surface area contributed by atoms with Gasteiger partial charge in [-0.3, -0.25) is 9.69 Å². The largest absolute Gasteiger partial charge is 0.357 e. The van der Waals surface area contributed by atoms with Gasteiger partial charge in [-0.1, -0.05) is 77.8 Å². The Bertz CT molecular complexity index is 1660. The molecule has 4 aromatic carbocycles. The van der Waals surface area contributed by atoms with Crippen molar-refractivity contribution in [2.24, 2.45) is 0 Å². The fourth-order valence-corrected chi connectivity index (χ4v) is 5.82. The highest BCUT2D eigenvalue weighted by Crippen LogP contribution is 2.47. The standard InChI is InChI=1S/C32H24Cl2FN3O2/c33-24-14-13-23(18-25(24)34)36-32(40)38-28-12-5-4-11-26(28)37-27-16-21(20-9-6-10-22(35)15-20)17-29(39)30(27)31(38)19-7-2-1-3-8-19/h1-15,18,21,31,37H,16-17H2,(H,36,40)/t21-,31+/m1/s1. The molecule has 0 unspecified atom stereocenters. The fourth-order valence-electron chi connectivity index (χ4n) is 5.52. The van der Waals surface area contributed by atoms with E-state index in [0.717, 1.165) is 16.8 Å². The van der Waals surface area contributed by atoms with Crippen LogP contribution in [0.25, 0.3) is 0 Å². The average molecular weight is 572 g/mol. The first-order valence-electron chi connectivity index (χ1n) is 12.9. The SMILES string of the molecule is O=C1C[C@H](c2cccc(F)c2)CC2=C1[C@H](c1ccccc1)N(C(=O)Nc1ccc(Cl)c(Cl)c1)c1ccccc1N2. The van der Waals surface area contributed by atoms with E-state index >= 15 is 0 Å². The number of hydrogen-bond acceptors (Lipinski definition) is 3. The molecule has 2 N–H and O–H groups in total. The molecule has 1 aliphatic carbocycles. The minimum absolute atomic E-state index is 0.1000. The van der Waals surface area contributed by atoms with Crippen molar-refractivity contribution in [2.45, 2.75) is 24.8 Å². The number of benzene rings is 4. The van der Waals surface area contributed by atoms with Gasteiger partial charge in [0.15, 0.2) is 5.78 Å². The van der Waals surface area contributed by atoms with E-state index in [2.05, 4.69) is 10.6 Å². The van der Waals surface area contributed by atoms with E-state index in [-0.39, 0.29) is 23.9 Å². The second-order valence-electron chi connectivity index (χ2n) is 9.86. The molecule has 8 heteroatoms. The topological polar surface area (TPSA) is 61.4 Å². The van der Waals surface area contributed by atoms with Crippen molar-refractivity contribution < 1.29 is 14.0 Å². The number of carbonyl (C=O) groups is 2. The van der Waals surface area contributed by atoms with E-state index in [9.17, 15) is 14.0 Å². The molecule has 0 radical (unpaired) electrons. The maximum absolute atomic E-state index is 14.1. The lowest BCUT2D eigenvalue weighted by molar-refractivity contribution is -0.116. The van der Waals surface area contributed by atoms with Crippen LogP contribution in [0.15, 0.2) is 108 Å². The monoisotopic (exact) mass is 571 g/mol. The quantitative estimate of drug-likeness (QED) is 0.258. The number of fused-ring (bicyclic) bond motifs is 1. The fraction of sp³-hybridized carbons (Fsp3) is 0.125. The van der Waals surface area contributed by atoms with Gasteiger partial charge in [0, 0.05) is 23.4 Å². The molecule has 1 aliphatic heterocycles. The molecular formula is C32H24Cl2FN3O2. The lowest BCUT2D eigenvalue weighted by Crippen LogP contribution is -2.41. The lowest BCUT2D eigenvalue weighted by atomic mass is 9.78. The summed E-state index contributed by atoms with van der Waals surface area (Å²) in [4.78, 5) is 29.7. The summed E-state index contributed by atoms with van der Waals surface area (Å²) in [6.45, 7) is 0. The number of ketones is 1. The molecule has 40 heavy (non-hydrogen) atoms. The van der Waals surface area contributed by atoms with Crippen molar-refractivity contribution in [3.63, 3.8) is 0 Å². The maximum Gasteiger partial charge on any atom is 0.327 e. The van der Waals surface area contributed by atoms with Crippen LogP contribution in [0.5, 0.6) is 0 Å². The smallest absolute Gasteiger partial charge is 0.327 e. The number of nitrogens with one attached hydrogen (secondary N) is 2. The molecule has 6 rings (SSSR count). The van der Waals surface area contributed by atoms with Crippen molar-refractivity contribution in [3.8, 4) is 0 Å². The van der Waals surface area contributed by atoms with Crippen molar-refractivity contribution in [1.82, 2.24) is 0 Å². The van der Waals surface area contributed by atoms with E-state index in [1.807, 2.05) is 60.7 Å². The molecular weight excluding hydrogens is 548 g/mol. The first kappa shape index (κ1) is 26.1. The van der Waals surface area contributed by atoms with Crippen LogP contribution in [-0.2, 0) is 4.79 Å². The molecule has 1 heterocycles. The number of nitrogens with zero attached hydrogens (tertiary/aromatic N) is 1. The number of Topliss-reactive ketones (excluding diaryl/α,β-unsaturated/α-hetero) is 1. The number of rotatable bonds is 3. The minimum Gasteiger partial charge on any atom is -0.357 e.